The fourth-order valence-corrected chi connectivity index (χ4v) is 1.65. The molecule has 15 heavy (non-hydrogen) atoms. The highest BCUT2D eigenvalue weighted by Gasteiger charge is 2.22. The van der Waals surface area contributed by atoms with Crippen LogP contribution in [0.5, 0.6) is 0 Å². The van der Waals surface area contributed by atoms with Gasteiger partial charge in [-0.25, -0.2) is 0 Å². The number of hydrogen-bond donors (Lipinski definition) is 0. The van der Waals surface area contributed by atoms with Crippen LogP contribution in [0.15, 0.2) is 12.7 Å². The van der Waals surface area contributed by atoms with Crippen molar-refractivity contribution in [1.29, 1.82) is 0 Å². The Morgan fingerprint density at radius 3 is 3.20 bits per heavy atom. The molecule has 86 valence electrons. The Labute approximate surface area is 90.8 Å². The Bertz CT molecular complexity index is 218. The Hall–Kier alpha value is -0.870. The molecule has 0 amide bonds. The van der Waals surface area contributed by atoms with Crippen LogP contribution < -0.4 is 0 Å². The van der Waals surface area contributed by atoms with Gasteiger partial charge in [0.1, 0.15) is 0 Å². The lowest BCUT2D eigenvalue weighted by Crippen LogP contribution is -2.43. The number of carbonyl (C=O) groups excluding carboxylic acids is 1. The average Bonchev–Trinajstić information content (AvgIpc) is 2.26. The van der Waals surface area contributed by atoms with Gasteiger partial charge in [0.15, 0.2) is 0 Å². The molecule has 1 aliphatic heterocycles. The molecule has 0 N–H and O–H groups in total. The molecule has 4 nitrogen and oxygen atoms in total. The van der Waals surface area contributed by atoms with E-state index in [0.717, 1.165) is 26.1 Å². The summed E-state index contributed by atoms with van der Waals surface area (Å²) in [5, 5.41) is 0. The molecule has 1 rings (SSSR count). The minimum absolute atomic E-state index is 0.0176. The second-order valence-electron chi connectivity index (χ2n) is 3.65. The lowest BCUT2D eigenvalue weighted by atomic mass is 10.2. The summed E-state index contributed by atoms with van der Waals surface area (Å²) in [4.78, 5) is 13.4. The second kappa shape index (κ2) is 6.58. The number of carbonyl (C=O) groups is 1. The van der Waals surface area contributed by atoms with Gasteiger partial charge in [0, 0.05) is 19.6 Å². The van der Waals surface area contributed by atoms with E-state index in [1.807, 2.05) is 6.08 Å². The van der Waals surface area contributed by atoms with Crippen LogP contribution in [0, 0.1) is 0 Å². The number of methoxy groups -OCH3 is 1. The second-order valence-corrected chi connectivity index (χ2v) is 3.65. The summed E-state index contributed by atoms with van der Waals surface area (Å²) in [5.74, 6) is -0.203. The predicted molar refractivity (Wildman–Crippen MR) is 57.6 cm³/mol. The Morgan fingerprint density at radius 2 is 2.53 bits per heavy atom. The van der Waals surface area contributed by atoms with Crippen molar-refractivity contribution in [2.45, 2.75) is 18.9 Å². The van der Waals surface area contributed by atoms with Crippen LogP contribution in [0.25, 0.3) is 0 Å². The predicted octanol–water partition coefficient (Wildman–Crippen LogP) is 0.826. The monoisotopic (exact) mass is 213 g/mol. The van der Waals surface area contributed by atoms with E-state index in [1.165, 1.54) is 7.11 Å². The molecule has 1 saturated heterocycles. The highest BCUT2D eigenvalue weighted by molar-refractivity contribution is 5.69. The molecule has 0 bridgehead atoms. The fraction of sp³-hybridized carbons (Fsp3) is 0.727. The molecular weight excluding hydrogens is 194 g/mol. The number of esters is 1. The molecule has 1 heterocycles. The zero-order valence-electron chi connectivity index (χ0n) is 9.28. The molecule has 0 saturated carbocycles. The highest BCUT2D eigenvalue weighted by atomic mass is 16.5. The van der Waals surface area contributed by atoms with Gasteiger partial charge >= 0.3 is 5.97 Å². The van der Waals surface area contributed by atoms with E-state index in [9.17, 15) is 4.79 Å². The minimum Gasteiger partial charge on any atom is -0.469 e. The van der Waals surface area contributed by atoms with Crippen molar-refractivity contribution < 1.29 is 14.3 Å². The summed E-state index contributed by atoms with van der Waals surface area (Å²) in [6.45, 7) is 7.12. The van der Waals surface area contributed by atoms with Gasteiger partial charge in [0.25, 0.3) is 0 Å². The van der Waals surface area contributed by atoms with Gasteiger partial charge in [-0.1, -0.05) is 6.08 Å². The van der Waals surface area contributed by atoms with E-state index in [2.05, 4.69) is 16.2 Å². The van der Waals surface area contributed by atoms with Gasteiger partial charge in [-0.3, -0.25) is 9.69 Å². The average molecular weight is 213 g/mol. The number of ether oxygens (including phenoxy) is 2. The van der Waals surface area contributed by atoms with E-state index >= 15 is 0 Å². The molecule has 0 spiro atoms. The third-order valence-corrected chi connectivity index (χ3v) is 2.49. The van der Waals surface area contributed by atoms with Gasteiger partial charge in [0.2, 0.25) is 0 Å². The Balaban J connectivity index is 2.28. The molecular formula is C11H19NO3. The van der Waals surface area contributed by atoms with Gasteiger partial charge < -0.3 is 9.47 Å². The summed E-state index contributed by atoms with van der Waals surface area (Å²) in [6, 6.07) is 0. The molecule has 0 radical (unpaired) electrons. The smallest absolute Gasteiger partial charge is 0.308 e. The van der Waals surface area contributed by atoms with E-state index < -0.39 is 0 Å². The maximum Gasteiger partial charge on any atom is 0.308 e. The normalized spacial score (nSPS) is 22.3. The SMILES string of the molecule is C=CCCN1CCO[C@@H](CC(=O)OC)C1. The maximum atomic E-state index is 11.1. The van der Waals surface area contributed by atoms with Crippen molar-refractivity contribution in [2.75, 3.05) is 33.4 Å². The van der Waals surface area contributed by atoms with E-state index in [4.69, 9.17) is 4.74 Å². The van der Waals surface area contributed by atoms with E-state index in [0.29, 0.717) is 13.0 Å². The Morgan fingerprint density at radius 1 is 1.73 bits per heavy atom. The molecule has 0 aliphatic carbocycles. The van der Waals surface area contributed by atoms with Gasteiger partial charge in [-0.05, 0) is 6.42 Å². The third kappa shape index (κ3) is 4.44. The van der Waals surface area contributed by atoms with Gasteiger partial charge in [-0.2, -0.15) is 0 Å². The first-order valence-corrected chi connectivity index (χ1v) is 5.28. The standard InChI is InChI=1S/C11H19NO3/c1-3-4-5-12-6-7-15-10(9-12)8-11(13)14-2/h3,10H,1,4-9H2,2H3/t10-/m0/s1. The summed E-state index contributed by atoms with van der Waals surface area (Å²) >= 11 is 0. The molecule has 0 aromatic rings. The van der Waals surface area contributed by atoms with Crippen molar-refractivity contribution in [3.8, 4) is 0 Å². The highest BCUT2D eigenvalue weighted by Crippen LogP contribution is 2.09. The first kappa shape index (κ1) is 12.2. The largest absolute Gasteiger partial charge is 0.469 e. The zero-order valence-corrected chi connectivity index (χ0v) is 9.28. The van der Waals surface area contributed by atoms with Crippen LogP contribution in [-0.4, -0.2) is 50.3 Å². The first-order chi connectivity index (χ1) is 7.26. The number of rotatable bonds is 5. The number of hydrogen-bond acceptors (Lipinski definition) is 4. The van der Waals surface area contributed by atoms with Crippen LogP contribution >= 0.6 is 0 Å². The summed E-state index contributed by atoms with van der Waals surface area (Å²) < 4.78 is 10.1. The first-order valence-electron chi connectivity index (χ1n) is 5.28. The molecule has 0 unspecified atom stereocenters. The van der Waals surface area contributed by atoms with Crippen molar-refractivity contribution in [3.63, 3.8) is 0 Å². The summed E-state index contributed by atoms with van der Waals surface area (Å²) in [5.41, 5.74) is 0. The van der Waals surface area contributed by atoms with Crippen LogP contribution in [0.1, 0.15) is 12.8 Å². The van der Waals surface area contributed by atoms with Gasteiger partial charge in [-0.15, -0.1) is 6.58 Å². The topological polar surface area (TPSA) is 38.8 Å². The molecule has 1 aliphatic rings. The van der Waals surface area contributed by atoms with Crippen LogP contribution in [-0.2, 0) is 14.3 Å². The summed E-state index contributed by atoms with van der Waals surface area (Å²) in [6.07, 6.45) is 3.22. The molecule has 0 aromatic carbocycles. The van der Waals surface area contributed by atoms with Crippen LogP contribution in [0.3, 0.4) is 0 Å². The zero-order chi connectivity index (χ0) is 11.1. The fourth-order valence-electron chi connectivity index (χ4n) is 1.65. The lowest BCUT2D eigenvalue weighted by molar-refractivity contribution is -0.145. The number of nitrogens with zero attached hydrogens (tertiary/aromatic N) is 1. The van der Waals surface area contributed by atoms with Crippen LogP contribution in [0.4, 0.5) is 0 Å². The van der Waals surface area contributed by atoms with Crippen LogP contribution in [0.2, 0.25) is 0 Å². The van der Waals surface area contributed by atoms with Crippen molar-refractivity contribution in [1.82, 2.24) is 4.90 Å². The minimum atomic E-state index is -0.203. The third-order valence-electron chi connectivity index (χ3n) is 2.49. The van der Waals surface area contributed by atoms with Crippen molar-refractivity contribution in [3.05, 3.63) is 12.7 Å². The number of morpholine rings is 1. The Kier molecular flexibility index (Phi) is 5.36. The van der Waals surface area contributed by atoms with Gasteiger partial charge in [0.05, 0.1) is 26.2 Å². The molecule has 0 aromatic heterocycles. The maximum absolute atomic E-state index is 11.1. The molecule has 4 heteroatoms. The van der Waals surface area contributed by atoms with Crippen molar-refractivity contribution in [2.24, 2.45) is 0 Å². The quantitative estimate of drug-likeness (QED) is 0.501. The van der Waals surface area contributed by atoms with E-state index in [-0.39, 0.29) is 12.1 Å². The lowest BCUT2D eigenvalue weighted by Gasteiger charge is -2.32. The van der Waals surface area contributed by atoms with E-state index in [1.54, 1.807) is 0 Å². The van der Waals surface area contributed by atoms with Crippen molar-refractivity contribution >= 4 is 5.97 Å². The molecule has 1 atom stereocenters. The summed E-state index contributed by atoms with van der Waals surface area (Å²) in [7, 11) is 1.40. The molecule has 1 fully saturated rings.